The molecular weight excluding hydrogens is 400 g/mol. The van der Waals surface area contributed by atoms with Crippen LogP contribution in [0.1, 0.15) is 38.8 Å². The Labute approximate surface area is 181 Å². The molecule has 1 atom stereocenters. The summed E-state index contributed by atoms with van der Waals surface area (Å²) in [6, 6.07) is 14.2. The van der Waals surface area contributed by atoms with Crippen LogP contribution in [0.25, 0.3) is 0 Å². The van der Waals surface area contributed by atoms with E-state index in [4.69, 9.17) is 9.47 Å². The van der Waals surface area contributed by atoms with Crippen molar-refractivity contribution in [2.45, 2.75) is 52.3 Å². The average molecular weight is 428 g/mol. The van der Waals surface area contributed by atoms with Crippen molar-refractivity contribution in [3.63, 3.8) is 0 Å². The highest BCUT2D eigenvalue weighted by Crippen LogP contribution is 2.21. The van der Waals surface area contributed by atoms with E-state index in [1.54, 1.807) is 33.8 Å². The molecule has 0 fully saturated rings. The number of non-ortho nitro benzene ring substituents is 1. The van der Waals surface area contributed by atoms with E-state index in [2.05, 4.69) is 0 Å². The summed E-state index contributed by atoms with van der Waals surface area (Å²) >= 11 is 0. The van der Waals surface area contributed by atoms with Gasteiger partial charge in [0.05, 0.1) is 18.1 Å². The SMILES string of the molecule is CCOC(=O)C(Cc1ccccc1)N(Cc1cccc([N+](=O)[O-])c1)C(=O)OC(C)(C)C. The minimum absolute atomic E-state index is 0.0487. The van der Waals surface area contributed by atoms with Gasteiger partial charge in [-0.25, -0.2) is 9.59 Å². The predicted octanol–water partition coefficient (Wildman–Crippen LogP) is 4.51. The third-order valence-corrected chi connectivity index (χ3v) is 4.31. The summed E-state index contributed by atoms with van der Waals surface area (Å²) in [7, 11) is 0. The smallest absolute Gasteiger partial charge is 0.411 e. The second-order valence-electron chi connectivity index (χ2n) is 7.99. The van der Waals surface area contributed by atoms with Gasteiger partial charge in [-0.3, -0.25) is 15.0 Å². The van der Waals surface area contributed by atoms with Crippen LogP contribution in [0.3, 0.4) is 0 Å². The molecule has 2 aromatic rings. The van der Waals surface area contributed by atoms with Gasteiger partial charge in [0.25, 0.3) is 5.69 Å². The molecule has 0 aromatic heterocycles. The lowest BCUT2D eigenvalue weighted by Gasteiger charge is -2.32. The number of esters is 1. The first-order chi connectivity index (χ1) is 14.6. The predicted molar refractivity (Wildman–Crippen MR) is 115 cm³/mol. The van der Waals surface area contributed by atoms with Gasteiger partial charge in [0.15, 0.2) is 0 Å². The molecule has 2 rings (SSSR count). The lowest BCUT2D eigenvalue weighted by atomic mass is 10.0. The maximum absolute atomic E-state index is 13.1. The van der Waals surface area contributed by atoms with Crippen LogP contribution < -0.4 is 0 Å². The zero-order chi connectivity index (χ0) is 23.0. The van der Waals surface area contributed by atoms with Gasteiger partial charge >= 0.3 is 12.1 Å². The van der Waals surface area contributed by atoms with E-state index < -0.39 is 28.6 Å². The Kier molecular flexibility index (Phi) is 8.13. The quantitative estimate of drug-likeness (QED) is 0.349. The number of hydrogen-bond donors (Lipinski definition) is 0. The van der Waals surface area contributed by atoms with Crippen molar-refractivity contribution in [2.24, 2.45) is 0 Å². The topological polar surface area (TPSA) is 99.0 Å². The van der Waals surface area contributed by atoms with E-state index in [-0.39, 0.29) is 25.3 Å². The zero-order valence-corrected chi connectivity index (χ0v) is 18.2. The van der Waals surface area contributed by atoms with Gasteiger partial charge in [-0.15, -0.1) is 0 Å². The molecule has 1 unspecified atom stereocenters. The number of ether oxygens (including phenoxy) is 2. The van der Waals surface area contributed by atoms with Crippen LogP contribution in [-0.2, 0) is 27.2 Å². The van der Waals surface area contributed by atoms with Gasteiger partial charge < -0.3 is 9.47 Å². The van der Waals surface area contributed by atoms with Crippen LogP contribution in [-0.4, -0.2) is 40.1 Å². The fraction of sp³-hybridized carbons (Fsp3) is 0.391. The number of hydrogen-bond acceptors (Lipinski definition) is 6. The molecule has 31 heavy (non-hydrogen) atoms. The summed E-state index contributed by atoms with van der Waals surface area (Å²) < 4.78 is 10.8. The zero-order valence-electron chi connectivity index (χ0n) is 18.2. The standard InChI is InChI=1S/C23H28N2O6/c1-5-30-21(26)20(15-17-10-7-6-8-11-17)24(22(27)31-23(2,3)4)16-18-12-9-13-19(14-18)25(28)29/h6-14,20H,5,15-16H2,1-4H3. The molecule has 1 amide bonds. The van der Waals surface area contributed by atoms with E-state index in [0.29, 0.717) is 5.56 Å². The van der Waals surface area contributed by atoms with Gasteiger partial charge in [0.2, 0.25) is 0 Å². The molecule has 0 heterocycles. The molecule has 0 aliphatic rings. The first-order valence-corrected chi connectivity index (χ1v) is 10.0. The average Bonchev–Trinajstić information content (AvgIpc) is 2.70. The number of nitrogens with zero attached hydrogens (tertiary/aromatic N) is 2. The maximum atomic E-state index is 13.1. The van der Waals surface area contributed by atoms with E-state index in [1.165, 1.54) is 23.1 Å². The van der Waals surface area contributed by atoms with Crippen molar-refractivity contribution in [1.82, 2.24) is 4.90 Å². The Bertz CT molecular complexity index is 908. The Morgan fingerprint density at radius 2 is 1.71 bits per heavy atom. The molecule has 0 saturated carbocycles. The van der Waals surface area contributed by atoms with Gasteiger partial charge in [0.1, 0.15) is 11.6 Å². The van der Waals surface area contributed by atoms with Gasteiger partial charge in [-0.1, -0.05) is 42.5 Å². The molecule has 8 nitrogen and oxygen atoms in total. The molecule has 0 aliphatic carbocycles. The summed E-state index contributed by atoms with van der Waals surface area (Å²) in [5, 5.41) is 11.2. The monoisotopic (exact) mass is 428 g/mol. The van der Waals surface area contributed by atoms with Crippen LogP contribution in [0.4, 0.5) is 10.5 Å². The third-order valence-electron chi connectivity index (χ3n) is 4.31. The van der Waals surface area contributed by atoms with Crippen molar-refractivity contribution in [2.75, 3.05) is 6.61 Å². The molecule has 0 radical (unpaired) electrons. The Balaban J connectivity index is 2.44. The van der Waals surface area contributed by atoms with Crippen molar-refractivity contribution in [3.05, 3.63) is 75.8 Å². The van der Waals surface area contributed by atoms with E-state index in [0.717, 1.165) is 5.56 Å². The van der Waals surface area contributed by atoms with Crippen molar-refractivity contribution in [3.8, 4) is 0 Å². The van der Waals surface area contributed by atoms with Crippen molar-refractivity contribution in [1.29, 1.82) is 0 Å². The molecular formula is C23H28N2O6. The highest BCUT2D eigenvalue weighted by atomic mass is 16.6. The van der Waals surface area contributed by atoms with Crippen LogP contribution in [0, 0.1) is 10.1 Å². The molecule has 0 spiro atoms. The van der Waals surface area contributed by atoms with Gasteiger partial charge in [-0.05, 0) is 38.8 Å². The highest BCUT2D eigenvalue weighted by Gasteiger charge is 2.34. The van der Waals surface area contributed by atoms with Crippen LogP contribution in [0.5, 0.6) is 0 Å². The Hall–Kier alpha value is -3.42. The number of carbonyl (C=O) groups excluding carboxylic acids is 2. The molecule has 8 heteroatoms. The van der Waals surface area contributed by atoms with Gasteiger partial charge in [-0.2, -0.15) is 0 Å². The van der Waals surface area contributed by atoms with Crippen LogP contribution in [0.15, 0.2) is 54.6 Å². The number of carbonyl (C=O) groups is 2. The Morgan fingerprint density at radius 3 is 2.29 bits per heavy atom. The molecule has 166 valence electrons. The molecule has 0 saturated heterocycles. The van der Waals surface area contributed by atoms with Gasteiger partial charge in [0, 0.05) is 18.6 Å². The van der Waals surface area contributed by atoms with E-state index in [1.807, 2.05) is 30.3 Å². The lowest BCUT2D eigenvalue weighted by molar-refractivity contribution is -0.384. The number of rotatable bonds is 8. The fourth-order valence-corrected chi connectivity index (χ4v) is 2.98. The number of nitro benzene ring substituents is 1. The lowest BCUT2D eigenvalue weighted by Crippen LogP contribution is -2.48. The second kappa shape index (κ2) is 10.6. The minimum Gasteiger partial charge on any atom is -0.464 e. The second-order valence-corrected chi connectivity index (χ2v) is 7.99. The fourth-order valence-electron chi connectivity index (χ4n) is 2.98. The Morgan fingerprint density at radius 1 is 1.06 bits per heavy atom. The largest absolute Gasteiger partial charge is 0.464 e. The molecule has 0 N–H and O–H groups in total. The summed E-state index contributed by atoms with van der Waals surface area (Å²) in [5.74, 6) is -0.567. The summed E-state index contributed by atoms with van der Waals surface area (Å²) in [5.41, 5.74) is 0.456. The number of nitro groups is 1. The maximum Gasteiger partial charge on any atom is 0.411 e. The molecule has 0 aliphatic heterocycles. The first-order valence-electron chi connectivity index (χ1n) is 10.0. The normalized spacial score (nSPS) is 12.0. The van der Waals surface area contributed by atoms with Crippen molar-refractivity contribution < 1.29 is 24.0 Å². The summed E-state index contributed by atoms with van der Waals surface area (Å²) in [6.07, 6.45) is -0.485. The molecule has 0 bridgehead atoms. The van der Waals surface area contributed by atoms with E-state index in [9.17, 15) is 19.7 Å². The third kappa shape index (κ3) is 7.40. The number of benzene rings is 2. The van der Waals surface area contributed by atoms with Crippen molar-refractivity contribution >= 4 is 17.7 Å². The highest BCUT2D eigenvalue weighted by molar-refractivity contribution is 5.82. The van der Waals surface area contributed by atoms with Crippen LogP contribution in [0.2, 0.25) is 0 Å². The summed E-state index contributed by atoms with van der Waals surface area (Å²) in [6.45, 7) is 6.98. The number of amides is 1. The molecule has 2 aromatic carbocycles. The summed E-state index contributed by atoms with van der Waals surface area (Å²) in [4.78, 5) is 37.9. The van der Waals surface area contributed by atoms with E-state index >= 15 is 0 Å². The van der Waals surface area contributed by atoms with Crippen LogP contribution >= 0.6 is 0 Å². The minimum atomic E-state index is -0.962. The first kappa shape index (κ1) is 23.9.